The number of nitrogens with two attached hydrogens (primary N) is 5. The average molecular weight is 1160 g/mol. The molecule has 80 heavy (non-hydrogen) atoms. The number of hydrogen-bond acceptors (Lipinski definition) is 17. The fourth-order valence-electron chi connectivity index (χ4n) is 7.94. The molecule has 9 amide bonds. The number of nitrogens with one attached hydrogen (secondary N) is 9. The number of unbranched alkanes of at least 4 members (excludes halogenated alkanes) is 2. The Hall–Kier alpha value is -5.88. The highest BCUT2D eigenvalue weighted by molar-refractivity contribution is 7.80. The number of carboxylic acids is 1. The first-order chi connectivity index (χ1) is 37.5. The summed E-state index contributed by atoms with van der Waals surface area (Å²) < 4.78 is 0. The number of amides is 9. The molecule has 0 bridgehead atoms. The number of aliphatic hydroxyl groups excluding tert-OH is 2. The molecule has 0 aliphatic carbocycles. The molecule has 29 heteroatoms. The van der Waals surface area contributed by atoms with Crippen molar-refractivity contribution >= 4 is 77.7 Å². The first kappa shape index (κ1) is 74.1. The molecule has 0 heterocycles. The first-order valence-electron chi connectivity index (χ1n) is 27.6. The van der Waals surface area contributed by atoms with Crippen molar-refractivity contribution in [1.82, 2.24) is 47.9 Å². The highest BCUT2D eigenvalue weighted by Gasteiger charge is 2.38. The average Bonchev–Trinajstić information content (AvgIpc) is 3.39. The van der Waals surface area contributed by atoms with Crippen LogP contribution in [0.2, 0.25) is 0 Å². The number of carbonyl (C=O) groups excluding carboxylic acids is 9. The van der Waals surface area contributed by atoms with Crippen LogP contribution >= 0.6 is 12.6 Å². The van der Waals surface area contributed by atoms with E-state index in [-0.39, 0.29) is 62.9 Å². The first-order valence-corrected chi connectivity index (χ1v) is 28.3. The van der Waals surface area contributed by atoms with Crippen molar-refractivity contribution in [1.29, 1.82) is 0 Å². The van der Waals surface area contributed by atoms with E-state index < -0.39 is 150 Å². The SMILES string of the molecule is CC[C@H](C)[C@H](NC(=O)[C@H](CCCCN)NC(=O)[C@H](CCCCN)NC(=O)[C@@H](NC(=O)[C@H](CS)NC(=O)[C@@H](NC(=O)[C@@H](NC(=O)[C@@H](N)CCCN=C(N)N)C(C)C)[C@@H](C)CC)[C@@H](C)O)C(=O)N[C@@H](CO)C(=O)N[C@@H](CC(C)C)C(=O)O. The second kappa shape index (κ2) is 39.5. The van der Waals surface area contributed by atoms with Crippen molar-refractivity contribution in [2.24, 2.45) is 57.3 Å². The van der Waals surface area contributed by atoms with Gasteiger partial charge in [-0.05, 0) is 101 Å². The van der Waals surface area contributed by atoms with E-state index in [1.807, 2.05) is 0 Å². The molecule has 13 atom stereocenters. The minimum Gasteiger partial charge on any atom is -0.480 e. The van der Waals surface area contributed by atoms with Crippen molar-refractivity contribution < 1.29 is 63.3 Å². The quantitative estimate of drug-likeness (QED) is 0.0121. The van der Waals surface area contributed by atoms with E-state index in [0.29, 0.717) is 44.9 Å². The molecular formula is C51H97N15O13S. The van der Waals surface area contributed by atoms with Gasteiger partial charge in [-0.25, -0.2) is 4.79 Å². The van der Waals surface area contributed by atoms with Crippen LogP contribution in [0.15, 0.2) is 4.99 Å². The minimum atomic E-state index is -1.72. The Kier molecular flexibility index (Phi) is 36.6. The maximum atomic E-state index is 14.2. The van der Waals surface area contributed by atoms with Crippen molar-refractivity contribution in [3.8, 4) is 0 Å². The number of aliphatic imine (C=N–C) groups is 1. The largest absolute Gasteiger partial charge is 0.480 e. The second-order valence-corrected chi connectivity index (χ2v) is 21.3. The summed E-state index contributed by atoms with van der Waals surface area (Å²) in [5.74, 6) is -11.0. The van der Waals surface area contributed by atoms with Gasteiger partial charge in [-0.3, -0.25) is 48.1 Å². The lowest BCUT2D eigenvalue weighted by Crippen LogP contribution is -2.63. The predicted molar refractivity (Wildman–Crippen MR) is 305 cm³/mol. The molecule has 0 fully saturated rings. The van der Waals surface area contributed by atoms with Crippen LogP contribution in [0, 0.1) is 23.7 Å². The highest BCUT2D eigenvalue weighted by atomic mass is 32.1. The van der Waals surface area contributed by atoms with Gasteiger partial charge in [0.25, 0.3) is 0 Å². The molecule has 0 saturated carbocycles. The fraction of sp³-hybridized carbons (Fsp3) is 0.784. The number of thiol groups is 1. The molecule has 28 nitrogen and oxygen atoms in total. The van der Waals surface area contributed by atoms with Crippen LogP contribution in [0.3, 0.4) is 0 Å². The standard InChI is InChI=1S/C51H97N15O13S/c1-10-28(7)38(47(75)61-35(24-67)44(72)60-34(50(78)79)23-26(3)4)64-43(71)33(19-13-15-21-53)58-42(70)32(18-12-14-20-52)59-49(77)40(30(9)68)66-45(73)36(25-80)62-48(76)39(29(8)11-2)65-46(74)37(27(5)6)63-41(69)31(54)17-16-22-57-51(55)56/h26-40,67-68,80H,10-25,52-54H2,1-9H3,(H,58,70)(H,59,77)(H,60,72)(H,61,75)(H,62,76)(H,63,69)(H,64,71)(H,65,74)(H,66,73)(H,78,79)(H4,55,56,57)/t28-,29-,30+,31-,32-,33-,34-,35-,36-,37-,38-,39-,40-/m0/s1. The Bertz CT molecular complexity index is 2020. The third-order valence-corrected chi connectivity index (χ3v) is 13.7. The fourth-order valence-corrected chi connectivity index (χ4v) is 8.20. The molecule has 0 aliphatic rings. The second-order valence-electron chi connectivity index (χ2n) is 21.0. The summed E-state index contributed by atoms with van der Waals surface area (Å²) in [5.41, 5.74) is 28.3. The molecule has 0 rings (SSSR count). The van der Waals surface area contributed by atoms with Crippen molar-refractivity contribution in [2.75, 3.05) is 32.0 Å². The Labute approximate surface area is 476 Å². The van der Waals surface area contributed by atoms with Gasteiger partial charge in [0.1, 0.15) is 54.4 Å². The molecular weight excluding hydrogens is 1060 g/mol. The zero-order valence-electron chi connectivity index (χ0n) is 48.2. The smallest absolute Gasteiger partial charge is 0.326 e. The molecule has 22 N–H and O–H groups in total. The van der Waals surface area contributed by atoms with E-state index in [2.05, 4.69) is 65.5 Å². The van der Waals surface area contributed by atoms with E-state index in [0.717, 1.165) is 0 Å². The minimum absolute atomic E-state index is 0.0131. The van der Waals surface area contributed by atoms with Crippen LogP contribution in [0.5, 0.6) is 0 Å². The lowest BCUT2D eigenvalue weighted by Gasteiger charge is -2.30. The molecule has 0 radical (unpaired) electrons. The van der Waals surface area contributed by atoms with Crippen LogP contribution in [0.1, 0.15) is 133 Å². The Morgan fingerprint density at radius 1 is 0.500 bits per heavy atom. The van der Waals surface area contributed by atoms with E-state index in [9.17, 15) is 63.3 Å². The molecule has 0 unspecified atom stereocenters. The molecule has 0 aromatic rings. The normalized spacial score (nSPS) is 16.2. The van der Waals surface area contributed by atoms with E-state index in [4.69, 9.17) is 28.7 Å². The molecule has 0 saturated heterocycles. The van der Waals surface area contributed by atoms with Crippen LogP contribution in [0.25, 0.3) is 0 Å². The summed E-state index contributed by atoms with van der Waals surface area (Å²) in [4.78, 5) is 139. The van der Waals surface area contributed by atoms with Gasteiger partial charge in [-0.1, -0.05) is 68.2 Å². The number of rotatable bonds is 41. The molecule has 0 aromatic heterocycles. The monoisotopic (exact) mass is 1160 g/mol. The van der Waals surface area contributed by atoms with Crippen LogP contribution in [0.4, 0.5) is 0 Å². The predicted octanol–water partition coefficient (Wildman–Crippen LogP) is -3.83. The van der Waals surface area contributed by atoms with Crippen LogP contribution in [-0.4, -0.2) is 179 Å². The summed E-state index contributed by atoms with van der Waals surface area (Å²) in [6, 6.07) is -13.4. The maximum absolute atomic E-state index is 14.2. The van der Waals surface area contributed by atoms with E-state index >= 15 is 0 Å². The van der Waals surface area contributed by atoms with Gasteiger partial charge in [-0.15, -0.1) is 0 Å². The molecule has 0 spiro atoms. The number of guanidine groups is 1. The highest BCUT2D eigenvalue weighted by Crippen LogP contribution is 2.15. The number of aliphatic carboxylic acids is 1. The number of aliphatic hydroxyl groups is 2. The number of hydrogen-bond donors (Lipinski definition) is 18. The van der Waals surface area contributed by atoms with E-state index in [1.165, 1.54) is 6.92 Å². The van der Waals surface area contributed by atoms with Gasteiger partial charge >= 0.3 is 5.97 Å². The van der Waals surface area contributed by atoms with Crippen LogP contribution in [-0.2, 0) is 47.9 Å². The summed E-state index contributed by atoms with van der Waals surface area (Å²) in [7, 11) is 0. The maximum Gasteiger partial charge on any atom is 0.326 e. The van der Waals surface area contributed by atoms with Gasteiger partial charge in [0, 0.05) is 12.3 Å². The van der Waals surface area contributed by atoms with Crippen LogP contribution < -0.4 is 76.5 Å². The molecule has 0 aromatic carbocycles. The van der Waals surface area contributed by atoms with Gasteiger partial charge in [0.15, 0.2) is 5.96 Å². The third kappa shape index (κ3) is 27.5. The Morgan fingerprint density at radius 2 is 0.887 bits per heavy atom. The lowest BCUT2D eigenvalue weighted by molar-refractivity contribution is -0.143. The lowest BCUT2D eigenvalue weighted by atomic mass is 9.96. The third-order valence-electron chi connectivity index (χ3n) is 13.3. The molecule has 0 aliphatic heterocycles. The summed E-state index contributed by atoms with van der Waals surface area (Å²) in [6.07, 6.45) is 1.27. The zero-order valence-corrected chi connectivity index (χ0v) is 49.1. The topological polar surface area (TPSA) is 482 Å². The summed E-state index contributed by atoms with van der Waals surface area (Å²) in [5, 5.41) is 53.5. The van der Waals surface area contributed by atoms with E-state index in [1.54, 1.807) is 55.4 Å². The van der Waals surface area contributed by atoms with Gasteiger partial charge in [0.05, 0.1) is 18.8 Å². The van der Waals surface area contributed by atoms with Crippen molar-refractivity contribution in [3.63, 3.8) is 0 Å². The zero-order chi connectivity index (χ0) is 61.4. The van der Waals surface area contributed by atoms with Crippen molar-refractivity contribution in [2.45, 2.75) is 199 Å². The Morgan fingerprint density at radius 3 is 1.31 bits per heavy atom. The van der Waals surface area contributed by atoms with Crippen molar-refractivity contribution in [3.05, 3.63) is 0 Å². The Balaban J connectivity index is 6.54. The summed E-state index contributed by atoms with van der Waals surface area (Å²) >= 11 is 4.26. The summed E-state index contributed by atoms with van der Waals surface area (Å²) in [6.45, 7) is 14.7. The number of nitrogens with zero attached hydrogens (tertiary/aromatic N) is 1. The number of carbonyl (C=O) groups is 10. The van der Waals surface area contributed by atoms with Gasteiger partial charge in [0.2, 0.25) is 53.2 Å². The van der Waals surface area contributed by atoms with Gasteiger partial charge < -0.3 is 91.8 Å². The molecule has 460 valence electrons. The van der Waals surface area contributed by atoms with Gasteiger partial charge in [-0.2, -0.15) is 12.6 Å². The number of carboxylic acid groups (broad SMARTS) is 1.